The molecule has 5 heteroatoms. The summed E-state index contributed by atoms with van der Waals surface area (Å²) in [7, 11) is 0. The Kier molecular flexibility index (Phi) is 4.22. The zero-order valence-corrected chi connectivity index (χ0v) is 14.3. The van der Waals surface area contributed by atoms with Gasteiger partial charge in [-0.25, -0.2) is 0 Å². The van der Waals surface area contributed by atoms with Crippen LogP contribution in [0.4, 0.5) is 0 Å². The molecule has 0 aliphatic carbocycles. The van der Waals surface area contributed by atoms with Crippen LogP contribution in [0.15, 0.2) is 42.2 Å². The maximum atomic E-state index is 12.8. The molecule has 0 atom stereocenters. The van der Waals surface area contributed by atoms with E-state index in [4.69, 9.17) is 4.74 Å². The first-order valence-electron chi connectivity index (χ1n) is 8.71. The van der Waals surface area contributed by atoms with Crippen LogP contribution in [-0.2, 0) is 4.79 Å². The SMILES string of the molecule is Cc1cncc(C2CCN(C(=O)C3=Cc4ccccc4OC3)CC2)n1. The van der Waals surface area contributed by atoms with E-state index in [9.17, 15) is 4.79 Å². The molecule has 1 aromatic carbocycles. The Hall–Kier alpha value is -2.69. The molecule has 0 bridgehead atoms. The quantitative estimate of drug-likeness (QED) is 0.847. The maximum Gasteiger partial charge on any atom is 0.253 e. The second-order valence-corrected chi connectivity index (χ2v) is 6.65. The number of aryl methyl sites for hydroxylation is 1. The molecule has 1 saturated heterocycles. The van der Waals surface area contributed by atoms with Crippen LogP contribution < -0.4 is 4.74 Å². The number of carbonyl (C=O) groups excluding carboxylic acids is 1. The summed E-state index contributed by atoms with van der Waals surface area (Å²) in [5, 5.41) is 0. The molecule has 5 nitrogen and oxygen atoms in total. The second-order valence-electron chi connectivity index (χ2n) is 6.65. The number of aromatic nitrogens is 2. The fourth-order valence-corrected chi connectivity index (χ4v) is 3.50. The van der Waals surface area contributed by atoms with Crippen molar-refractivity contribution < 1.29 is 9.53 Å². The zero-order chi connectivity index (χ0) is 17.2. The van der Waals surface area contributed by atoms with Crippen molar-refractivity contribution in [1.29, 1.82) is 0 Å². The lowest BCUT2D eigenvalue weighted by atomic mass is 9.93. The minimum absolute atomic E-state index is 0.0864. The Bertz CT molecular complexity index is 823. The molecular weight excluding hydrogens is 314 g/mol. The summed E-state index contributed by atoms with van der Waals surface area (Å²) in [6, 6.07) is 7.81. The van der Waals surface area contributed by atoms with E-state index in [1.807, 2.05) is 48.4 Å². The highest BCUT2D eigenvalue weighted by atomic mass is 16.5. The summed E-state index contributed by atoms with van der Waals surface area (Å²) >= 11 is 0. The lowest BCUT2D eigenvalue weighted by Gasteiger charge is -2.33. The van der Waals surface area contributed by atoms with E-state index in [1.165, 1.54) is 0 Å². The molecule has 1 fully saturated rings. The third-order valence-corrected chi connectivity index (χ3v) is 4.88. The number of hydrogen-bond donors (Lipinski definition) is 0. The molecule has 1 aromatic heterocycles. The largest absolute Gasteiger partial charge is 0.488 e. The van der Waals surface area contributed by atoms with Gasteiger partial charge in [0.2, 0.25) is 0 Å². The highest BCUT2D eigenvalue weighted by molar-refractivity contribution is 5.99. The van der Waals surface area contributed by atoms with E-state index in [0.29, 0.717) is 12.5 Å². The first-order chi connectivity index (χ1) is 12.2. The van der Waals surface area contributed by atoms with Gasteiger partial charge in [-0.05, 0) is 31.9 Å². The molecule has 0 unspecified atom stereocenters. The lowest BCUT2D eigenvalue weighted by Crippen LogP contribution is -2.40. The second kappa shape index (κ2) is 6.67. The molecule has 3 heterocycles. The van der Waals surface area contributed by atoms with E-state index in [-0.39, 0.29) is 5.91 Å². The van der Waals surface area contributed by atoms with Gasteiger partial charge in [0, 0.05) is 37.0 Å². The molecule has 2 aliphatic heterocycles. The van der Waals surface area contributed by atoms with Crippen molar-refractivity contribution in [2.75, 3.05) is 19.7 Å². The predicted molar refractivity (Wildman–Crippen MR) is 95.2 cm³/mol. The average molecular weight is 335 g/mol. The molecular formula is C20H21N3O2. The van der Waals surface area contributed by atoms with E-state index in [2.05, 4.69) is 9.97 Å². The third-order valence-electron chi connectivity index (χ3n) is 4.88. The van der Waals surface area contributed by atoms with Gasteiger partial charge >= 0.3 is 0 Å². The predicted octanol–water partition coefficient (Wildman–Crippen LogP) is 2.97. The van der Waals surface area contributed by atoms with Gasteiger partial charge in [-0.3, -0.25) is 14.8 Å². The van der Waals surface area contributed by atoms with Crippen molar-refractivity contribution in [2.45, 2.75) is 25.7 Å². The van der Waals surface area contributed by atoms with Crippen molar-refractivity contribution in [1.82, 2.24) is 14.9 Å². The summed E-state index contributed by atoms with van der Waals surface area (Å²) in [4.78, 5) is 23.6. The minimum atomic E-state index is 0.0864. The van der Waals surface area contributed by atoms with Crippen molar-refractivity contribution >= 4 is 12.0 Å². The molecule has 2 aliphatic rings. The molecule has 2 aromatic rings. The summed E-state index contributed by atoms with van der Waals surface area (Å²) < 4.78 is 5.72. The summed E-state index contributed by atoms with van der Waals surface area (Å²) in [5.41, 5.74) is 3.69. The number of hydrogen-bond acceptors (Lipinski definition) is 4. The standard InChI is InChI=1S/C20H21N3O2/c1-14-11-21-12-18(22-14)15-6-8-23(9-7-15)20(24)17-10-16-4-2-3-5-19(16)25-13-17/h2-5,10-12,15H,6-9,13H2,1H3. The Labute approximate surface area is 147 Å². The summed E-state index contributed by atoms with van der Waals surface area (Å²) in [5.74, 6) is 1.31. The van der Waals surface area contributed by atoms with E-state index in [1.54, 1.807) is 6.20 Å². The normalized spacial score (nSPS) is 17.5. The third kappa shape index (κ3) is 3.27. The van der Waals surface area contributed by atoms with Crippen LogP contribution in [-0.4, -0.2) is 40.5 Å². The Morgan fingerprint density at radius 3 is 2.80 bits per heavy atom. The van der Waals surface area contributed by atoms with Crippen LogP contribution in [0.1, 0.15) is 35.7 Å². The van der Waals surface area contributed by atoms with E-state index >= 15 is 0 Å². The van der Waals surface area contributed by atoms with Crippen molar-refractivity contribution in [3.8, 4) is 5.75 Å². The molecule has 128 valence electrons. The smallest absolute Gasteiger partial charge is 0.253 e. The molecule has 0 N–H and O–H groups in total. The number of ether oxygens (including phenoxy) is 1. The van der Waals surface area contributed by atoms with Crippen LogP contribution in [0, 0.1) is 6.92 Å². The summed E-state index contributed by atoms with van der Waals surface area (Å²) in [6.07, 6.45) is 7.43. The monoisotopic (exact) mass is 335 g/mol. The maximum absolute atomic E-state index is 12.8. The van der Waals surface area contributed by atoms with Gasteiger partial charge in [-0.2, -0.15) is 0 Å². The van der Waals surface area contributed by atoms with Gasteiger partial charge in [0.25, 0.3) is 5.91 Å². The van der Waals surface area contributed by atoms with Gasteiger partial charge < -0.3 is 9.64 Å². The number of fused-ring (bicyclic) bond motifs is 1. The van der Waals surface area contributed by atoms with Crippen LogP contribution in [0.2, 0.25) is 0 Å². The molecule has 25 heavy (non-hydrogen) atoms. The zero-order valence-electron chi connectivity index (χ0n) is 14.3. The number of carbonyl (C=O) groups is 1. The van der Waals surface area contributed by atoms with E-state index in [0.717, 1.165) is 54.2 Å². The topological polar surface area (TPSA) is 55.3 Å². The fraction of sp³-hybridized carbons (Fsp3) is 0.350. The minimum Gasteiger partial charge on any atom is -0.488 e. The van der Waals surface area contributed by atoms with Crippen LogP contribution >= 0.6 is 0 Å². The Morgan fingerprint density at radius 2 is 2.00 bits per heavy atom. The van der Waals surface area contributed by atoms with Crippen molar-refractivity contribution in [2.24, 2.45) is 0 Å². The lowest BCUT2D eigenvalue weighted by molar-refractivity contribution is -0.128. The number of nitrogens with zero attached hydrogens (tertiary/aromatic N) is 3. The Balaban J connectivity index is 1.43. The first-order valence-corrected chi connectivity index (χ1v) is 8.71. The fourth-order valence-electron chi connectivity index (χ4n) is 3.50. The number of rotatable bonds is 2. The van der Waals surface area contributed by atoms with Gasteiger partial charge in [-0.1, -0.05) is 18.2 Å². The van der Waals surface area contributed by atoms with Gasteiger partial charge in [-0.15, -0.1) is 0 Å². The highest BCUT2D eigenvalue weighted by Crippen LogP contribution is 2.29. The number of amides is 1. The van der Waals surface area contributed by atoms with E-state index < -0.39 is 0 Å². The molecule has 0 radical (unpaired) electrons. The van der Waals surface area contributed by atoms with Crippen molar-refractivity contribution in [3.05, 3.63) is 59.2 Å². The summed E-state index contributed by atoms with van der Waals surface area (Å²) in [6.45, 7) is 3.80. The Morgan fingerprint density at radius 1 is 1.20 bits per heavy atom. The van der Waals surface area contributed by atoms with Crippen LogP contribution in [0.25, 0.3) is 6.08 Å². The molecule has 0 spiro atoms. The average Bonchev–Trinajstić information content (AvgIpc) is 2.67. The number of piperidine rings is 1. The van der Waals surface area contributed by atoms with Gasteiger partial charge in [0.1, 0.15) is 12.4 Å². The number of likely N-dealkylation sites (tertiary alicyclic amines) is 1. The van der Waals surface area contributed by atoms with Gasteiger partial charge in [0.05, 0.1) is 17.0 Å². The molecule has 0 saturated carbocycles. The van der Waals surface area contributed by atoms with Gasteiger partial charge in [0.15, 0.2) is 0 Å². The molecule has 1 amide bonds. The molecule has 4 rings (SSSR count). The van der Waals surface area contributed by atoms with Crippen LogP contribution in [0.3, 0.4) is 0 Å². The van der Waals surface area contributed by atoms with Crippen molar-refractivity contribution in [3.63, 3.8) is 0 Å². The first kappa shape index (κ1) is 15.8. The van der Waals surface area contributed by atoms with Crippen LogP contribution in [0.5, 0.6) is 5.75 Å². The highest BCUT2D eigenvalue weighted by Gasteiger charge is 2.28. The number of para-hydroxylation sites is 1. The number of benzene rings is 1.